The second kappa shape index (κ2) is 7.97. The van der Waals surface area contributed by atoms with Crippen LogP contribution in [-0.4, -0.2) is 14.8 Å². The molecule has 0 saturated heterocycles. The van der Waals surface area contributed by atoms with E-state index in [4.69, 9.17) is 0 Å². The van der Waals surface area contributed by atoms with Crippen molar-refractivity contribution in [3.63, 3.8) is 0 Å². The number of hydrogen-bond acceptors (Lipinski definition) is 3. The number of hydrogen-bond donors (Lipinski definition) is 0. The van der Waals surface area contributed by atoms with E-state index < -0.39 is 0 Å². The van der Waals surface area contributed by atoms with Crippen molar-refractivity contribution in [2.75, 3.05) is 0 Å². The van der Waals surface area contributed by atoms with Gasteiger partial charge >= 0.3 is 0 Å². The molecule has 118 valence electrons. The summed E-state index contributed by atoms with van der Waals surface area (Å²) in [7, 11) is 0. The van der Waals surface area contributed by atoms with Crippen LogP contribution in [0.2, 0.25) is 0 Å². The Bertz CT molecular complexity index is 723. The van der Waals surface area contributed by atoms with Gasteiger partial charge in [-0.1, -0.05) is 79.3 Å². The van der Waals surface area contributed by atoms with Gasteiger partial charge in [0.15, 0.2) is 5.16 Å². The summed E-state index contributed by atoms with van der Waals surface area (Å²) in [5, 5.41) is 9.87. The molecule has 0 fully saturated rings. The van der Waals surface area contributed by atoms with Gasteiger partial charge in [-0.25, -0.2) is 0 Å². The molecule has 2 aromatic carbocycles. The quantitative estimate of drug-likeness (QED) is 0.597. The van der Waals surface area contributed by atoms with Crippen LogP contribution in [0, 0.1) is 0 Å². The highest BCUT2D eigenvalue weighted by molar-refractivity contribution is 7.98. The Labute approximate surface area is 141 Å². The molecule has 0 aliphatic carbocycles. The standard InChI is InChI=1S/C19H21N3S/c1-2-13-22-18(14-16-9-5-3-6-10-16)20-21-19(22)23-15-17-11-7-4-8-12-17/h3-12H,2,13-15H2,1H3. The fourth-order valence-electron chi connectivity index (χ4n) is 2.51. The van der Waals surface area contributed by atoms with Crippen molar-refractivity contribution in [2.45, 2.75) is 37.2 Å². The van der Waals surface area contributed by atoms with Crippen molar-refractivity contribution in [2.24, 2.45) is 0 Å². The fraction of sp³-hybridized carbons (Fsp3) is 0.263. The topological polar surface area (TPSA) is 30.7 Å². The van der Waals surface area contributed by atoms with Gasteiger partial charge in [0.1, 0.15) is 5.82 Å². The van der Waals surface area contributed by atoms with E-state index in [0.29, 0.717) is 0 Å². The fourth-order valence-corrected chi connectivity index (χ4v) is 3.44. The van der Waals surface area contributed by atoms with Crippen LogP contribution in [0.15, 0.2) is 65.8 Å². The molecule has 3 aromatic rings. The zero-order valence-corrected chi connectivity index (χ0v) is 14.2. The maximum atomic E-state index is 4.43. The first-order valence-corrected chi connectivity index (χ1v) is 8.98. The van der Waals surface area contributed by atoms with E-state index in [9.17, 15) is 0 Å². The van der Waals surface area contributed by atoms with E-state index in [1.165, 1.54) is 11.1 Å². The average Bonchev–Trinajstić information content (AvgIpc) is 2.97. The third-order valence-corrected chi connectivity index (χ3v) is 4.69. The van der Waals surface area contributed by atoms with Crippen LogP contribution in [0.25, 0.3) is 0 Å². The second-order valence-electron chi connectivity index (χ2n) is 5.49. The molecule has 0 saturated carbocycles. The van der Waals surface area contributed by atoms with E-state index in [1.54, 1.807) is 11.8 Å². The van der Waals surface area contributed by atoms with Gasteiger partial charge in [0.2, 0.25) is 0 Å². The molecule has 23 heavy (non-hydrogen) atoms. The molecule has 1 heterocycles. The van der Waals surface area contributed by atoms with E-state index in [2.05, 4.69) is 70.2 Å². The van der Waals surface area contributed by atoms with Gasteiger partial charge in [-0.3, -0.25) is 0 Å². The van der Waals surface area contributed by atoms with Crippen molar-refractivity contribution in [1.82, 2.24) is 14.8 Å². The minimum atomic E-state index is 0.833. The number of aromatic nitrogens is 3. The van der Waals surface area contributed by atoms with Crippen LogP contribution >= 0.6 is 11.8 Å². The Kier molecular flexibility index (Phi) is 5.48. The van der Waals surface area contributed by atoms with Crippen molar-refractivity contribution in [3.8, 4) is 0 Å². The van der Waals surface area contributed by atoms with E-state index >= 15 is 0 Å². The van der Waals surface area contributed by atoms with Crippen LogP contribution in [0.4, 0.5) is 0 Å². The normalized spacial score (nSPS) is 10.8. The van der Waals surface area contributed by atoms with Gasteiger partial charge in [-0.15, -0.1) is 10.2 Å². The molecule has 0 aliphatic rings. The Balaban J connectivity index is 1.75. The predicted octanol–water partition coefficient (Wildman–Crippen LogP) is 4.57. The van der Waals surface area contributed by atoms with Crippen molar-refractivity contribution >= 4 is 11.8 Å². The molecule has 0 amide bonds. The monoisotopic (exact) mass is 323 g/mol. The highest BCUT2D eigenvalue weighted by atomic mass is 32.2. The molecular weight excluding hydrogens is 302 g/mol. The highest BCUT2D eigenvalue weighted by Crippen LogP contribution is 2.23. The summed E-state index contributed by atoms with van der Waals surface area (Å²) >= 11 is 1.76. The van der Waals surface area contributed by atoms with E-state index in [1.807, 2.05) is 12.1 Å². The molecule has 0 N–H and O–H groups in total. The Hall–Kier alpha value is -2.07. The first kappa shape index (κ1) is 15.8. The number of nitrogens with zero attached hydrogens (tertiary/aromatic N) is 3. The van der Waals surface area contributed by atoms with Crippen LogP contribution in [-0.2, 0) is 18.7 Å². The summed E-state index contributed by atoms with van der Waals surface area (Å²) < 4.78 is 2.26. The first-order valence-electron chi connectivity index (χ1n) is 7.99. The molecule has 0 spiro atoms. The van der Waals surface area contributed by atoms with Crippen molar-refractivity contribution in [3.05, 3.63) is 77.6 Å². The van der Waals surface area contributed by atoms with E-state index in [-0.39, 0.29) is 0 Å². The van der Waals surface area contributed by atoms with Crippen LogP contribution in [0.1, 0.15) is 30.3 Å². The Morgan fingerprint density at radius 3 is 2.17 bits per heavy atom. The van der Waals surface area contributed by atoms with Gasteiger partial charge in [-0.2, -0.15) is 0 Å². The van der Waals surface area contributed by atoms with Gasteiger partial charge in [-0.05, 0) is 17.5 Å². The smallest absolute Gasteiger partial charge is 0.191 e. The number of thioether (sulfide) groups is 1. The number of benzene rings is 2. The lowest BCUT2D eigenvalue weighted by molar-refractivity contribution is 0.598. The number of rotatable bonds is 7. The van der Waals surface area contributed by atoms with Gasteiger partial charge in [0, 0.05) is 18.7 Å². The molecule has 0 aliphatic heterocycles. The van der Waals surface area contributed by atoms with Gasteiger partial charge < -0.3 is 4.57 Å². The second-order valence-corrected chi connectivity index (χ2v) is 6.43. The third-order valence-electron chi connectivity index (χ3n) is 3.66. The summed E-state index contributed by atoms with van der Waals surface area (Å²) in [4.78, 5) is 0. The lowest BCUT2D eigenvalue weighted by atomic mass is 10.1. The summed E-state index contributed by atoms with van der Waals surface area (Å²) in [5.74, 6) is 1.97. The summed E-state index contributed by atoms with van der Waals surface area (Å²) in [5.41, 5.74) is 2.59. The molecule has 3 rings (SSSR count). The Morgan fingerprint density at radius 1 is 0.870 bits per heavy atom. The zero-order chi connectivity index (χ0) is 15.9. The predicted molar refractivity (Wildman–Crippen MR) is 95.6 cm³/mol. The van der Waals surface area contributed by atoms with Crippen LogP contribution in [0.5, 0.6) is 0 Å². The third kappa shape index (κ3) is 4.23. The maximum Gasteiger partial charge on any atom is 0.191 e. The molecule has 3 nitrogen and oxygen atoms in total. The minimum absolute atomic E-state index is 0.833. The molecule has 4 heteroatoms. The molecule has 0 bridgehead atoms. The first-order chi connectivity index (χ1) is 11.4. The molecule has 0 atom stereocenters. The largest absolute Gasteiger partial charge is 0.306 e. The summed E-state index contributed by atoms with van der Waals surface area (Å²) in [6.45, 7) is 3.16. The highest BCUT2D eigenvalue weighted by Gasteiger charge is 2.12. The lowest BCUT2D eigenvalue weighted by Gasteiger charge is -2.09. The lowest BCUT2D eigenvalue weighted by Crippen LogP contribution is -2.05. The minimum Gasteiger partial charge on any atom is -0.306 e. The van der Waals surface area contributed by atoms with Crippen LogP contribution in [0.3, 0.4) is 0 Å². The Morgan fingerprint density at radius 2 is 1.52 bits per heavy atom. The van der Waals surface area contributed by atoms with Gasteiger partial charge in [0.25, 0.3) is 0 Å². The summed E-state index contributed by atoms with van der Waals surface area (Å²) in [6, 6.07) is 21.0. The van der Waals surface area contributed by atoms with Crippen molar-refractivity contribution in [1.29, 1.82) is 0 Å². The van der Waals surface area contributed by atoms with Crippen LogP contribution < -0.4 is 0 Å². The molecule has 1 aromatic heterocycles. The maximum absolute atomic E-state index is 4.43. The van der Waals surface area contributed by atoms with Crippen molar-refractivity contribution < 1.29 is 0 Å². The van der Waals surface area contributed by atoms with E-state index in [0.717, 1.165) is 36.1 Å². The zero-order valence-electron chi connectivity index (χ0n) is 13.4. The molecular formula is C19H21N3S. The SMILES string of the molecule is CCCn1c(Cc2ccccc2)nnc1SCc1ccccc1. The molecule has 0 radical (unpaired) electrons. The summed E-state index contributed by atoms with van der Waals surface area (Å²) in [6.07, 6.45) is 1.92. The van der Waals surface area contributed by atoms with Gasteiger partial charge in [0.05, 0.1) is 0 Å². The average molecular weight is 323 g/mol. The molecule has 0 unspecified atom stereocenters.